The van der Waals surface area contributed by atoms with E-state index in [1.165, 1.54) is 19.3 Å². The van der Waals surface area contributed by atoms with E-state index in [1.54, 1.807) is 6.20 Å². The van der Waals surface area contributed by atoms with Crippen LogP contribution in [0.15, 0.2) is 30.5 Å². The maximum atomic E-state index is 6.31. The van der Waals surface area contributed by atoms with E-state index in [-0.39, 0.29) is 0 Å². The van der Waals surface area contributed by atoms with Crippen molar-refractivity contribution in [3.05, 3.63) is 30.5 Å². The minimum absolute atomic E-state index is 0.523. The smallest absolute Gasteiger partial charge is 0.0724 e. The average Bonchev–Trinajstić information content (AvgIpc) is 2.47. The molecule has 1 aromatic heterocycles. The third-order valence-corrected chi connectivity index (χ3v) is 4.87. The van der Waals surface area contributed by atoms with E-state index < -0.39 is 0 Å². The Kier molecular flexibility index (Phi) is 3.51. The van der Waals surface area contributed by atoms with Crippen LogP contribution in [0.3, 0.4) is 0 Å². The number of aromatic nitrogens is 1. The van der Waals surface area contributed by atoms with Gasteiger partial charge in [0.25, 0.3) is 0 Å². The van der Waals surface area contributed by atoms with Gasteiger partial charge in [0.1, 0.15) is 0 Å². The molecule has 1 aromatic carbocycles. The largest absolute Gasteiger partial charge is 0.397 e. The molecular formula is C17H23N3. The Morgan fingerprint density at radius 1 is 1.20 bits per heavy atom. The van der Waals surface area contributed by atoms with Crippen LogP contribution in [0.2, 0.25) is 0 Å². The van der Waals surface area contributed by atoms with Gasteiger partial charge in [0.15, 0.2) is 0 Å². The number of anilines is 2. The molecule has 1 saturated carbocycles. The van der Waals surface area contributed by atoms with Gasteiger partial charge in [0.2, 0.25) is 0 Å². The molecule has 0 spiro atoms. The zero-order valence-corrected chi connectivity index (χ0v) is 12.3. The molecule has 3 atom stereocenters. The van der Waals surface area contributed by atoms with Crippen molar-refractivity contribution in [2.24, 2.45) is 11.8 Å². The first kappa shape index (κ1) is 13.2. The van der Waals surface area contributed by atoms with Gasteiger partial charge in [-0.3, -0.25) is 4.98 Å². The van der Waals surface area contributed by atoms with Crippen LogP contribution in [0.5, 0.6) is 0 Å². The molecule has 0 bridgehead atoms. The first-order chi connectivity index (χ1) is 9.66. The van der Waals surface area contributed by atoms with E-state index in [9.17, 15) is 0 Å². The van der Waals surface area contributed by atoms with Gasteiger partial charge in [-0.2, -0.15) is 0 Å². The summed E-state index contributed by atoms with van der Waals surface area (Å²) >= 11 is 0. The summed E-state index contributed by atoms with van der Waals surface area (Å²) in [5.41, 5.74) is 9.15. The second-order valence-electron chi connectivity index (χ2n) is 6.12. The molecule has 3 N–H and O–H groups in total. The number of nitrogen functional groups attached to an aromatic ring is 1. The Morgan fingerprint density at radius 2 is 2.05 bits per heavy atom. The Labute approximate surface area is 120 Å². The molecule has 0 aliphatic heterocycles. The predicted molar refractivity (Wildman–Crippen MR) is 85.7 cm³/mol. The van der Waals surface area contributed by atoms with Crippen molar-refractivity contribution >= 4 is 22.3 Å². The molecule has 0 radical (unpaired) electrons. The highest BCUT2D eigenvalue weighted by Crippen LogP contribution is 2.34. The van der Waals surface area contributed by atoms with E-state index in [4.69, 9.17) is 5.73 Å². The number of hydrogen-bond acceptors (Lipinski definition) is 3. The van der Waals surface area contributed by atoms with Crippen LogP contribution >= 0.6 is 0 Å². The Hall–Kier alpha value is -1.77. The van der Waals surface area contributed by atoms with Crippen molar-refractivity contribution in [2.45, 2.75) is 39.2 Å². The number of nitrogens with zero attached hydrogens (tertiary/aromatic N) is 1. The summed E-state index contributed by atoms with van der Waals surface area (Å²) in [5.74, 6) is 1.47. The summed E-state index contributed by atoms with van der Waals surface area (Å²) in [6.07, 6.45) is 5.68. The molecule has 2 aromatic rings. The maximum Gasteiger partial charge on any atom is 0.0724 e. The molecule has 3 rings (SSSR count). The third-order valence-electron chi connectivity index (χ3n) is 4.87. The fraction of sp³-hybridized carbons (Fsp3) is 0.471. The van der Waals surface area contributed by atoms with Gasteiger partial charge in [0.05, 0.1) is 16.9 Å². The van der Waals surface area contributed by atoms with Crippen LogP contribution in [0, 0.1) is 11.8 Å². The number of pyridine rings is 1. The lowest BCUT2D eigenvalue weighted by molar-refractivity contribution is 0.253. The van der Waals surface area contributed by atoms with Gasteiger partial charge in [-0.15, -0.1) is 0 Å². The topological polar surface area (TPSA) is 50.9 Å². The predicted octanol–water partition coefficient (Wildman–Crippen LogP) is 4.05. The van der Waals surface area contributed by atoms with E-state index in [2.05, 4.69) is 30.2 Å². The van der Waals surface area contributed by atoms with Gasteiger partial charge < -0.3 is 11.1 Å². The molecule has 3 nitrogen and oxygen atoms in total. The lowest BCUT2D eigenvalue weighted by Gasteiger charge is -2.35. The molecule has 1 heterocycles. The van der Waals surface area contributed by atoms with Crippen molar-refractivity contribution in [1.82, 2.24) is 4.98 Å². The van der Waals surface area contributed by atoms with Gasteiger partial charge >= 0.3 is 0 Å². The number of nitrogens with two attached hydrogens (primary N) is 1. The Bertz CT molecular complexity index is 608. The lowest BCUT2D eigenvalue weighted by Crippen LogP contribution is -2.35. The molecule has 106 valence electrons. The number of benzene rings is 1. The zero-order chi connectivity index (χ0) is 14.1. The monoisotopic (exact) mass is 269 g/mol. The Morgan fingerprint density at radius 3 is 2.90 bits per heavy atom. The standard InChI is InChI=1S/C17H23N3/c1-11-5-3-7-14(12(11)2)20-16-9-8-15-13(17(16)18)6-4-10-19-15/h4,6,8-12,14,20H,3,5,7,18H2,1-2H3. The molecule has 1 aliphatic rings. The van der Waals surface area contributed by atoms with Gasteiger partial charge in [-0.05, 0) is 42.5 Å². The van der Waals surface area contributed by atoms with Gasteiger partial charge in [0, 0.05) is 17.6 Å². The normalized spacial score (nSPS) is 26.6. The molecule has 0 saturated heterocycles. The summed E-state index contributed by atoms with van der Waals surface area (Å²) in [7, 11) is 0. The quantitative estimate of drug-likeness (QED) is 0.808. The molecule has 3 unspecified atom stereocenters. The van der Waals surface area contributed by atoms with Gasteiger partial charge in [-0.25, -0.2) is 0 Å². The summed E-state index contributed by atoms with van der Waals surface area (Å²) in [5, 5.41) is 4.70. The Balaban J connectivity index is 1.89. The molecule has 1 aliphatic carbocycles. The number of hydrogen-bond donors (Lipinski definition) is 2. The van der Waals surface area contributed by atoms with E-state index in [0.29, 0.717) is 12.0 Å². The summed E-state index contributed by atoms with van der Waals surface area (Å²) in [6.45, 7) is 4.70. The highest BCUT2D eigenvalue weighted by Gasteiger charge is 2.27. The fourth-order valence-corrected chi connectivity index (χ4v) is 3.29. The second kappa shape index (κ2) is 5.31. The van der Waals surface area contributed by atoms with Crippen LogP contribution < -0.4 is 11.1 Å². The van der Waals surface area contributed by atoms with Crippen molar-refractivity contribution < 1.29 is 0 Å². The highest BCUT2D eigenvalue weighted by atomic mass is 14.9. The molecule has 20 heavy (non-hydrogen) atoms. The number of rotatable bonds is 2. The number of fused-ring (bicyclic) bond motifs is 1. The first-order valence-corrected chi connectivity index (χ1v) is 7.56. The molecule has 3 heteroatoms. The summed E-state index contributed by atoms with van der Waals surface area (Å²) in [6, 6.07) is 8.61. The highest BCUT2D eigenvalue weighted by molar-refractivity contribution is 5.96. The lowest BCUT2D eigenvalue weighted by atomic mass is 9.78. The third kappa shape index (κ3) is 2.33. The van der Waals surface area contributed by atoms with Crippen molar-refractivity contribution in [1.29, 1.82) is 0 Å². The second-order valence-corrected chi connectivity index (χ2v) is 6.12. The first-order valence-electron chi connectivity index (χ1n) is 7.56. The van der Waals surface area contributed by atoms with Crippen LogP contribution in [-0.4, -0.2) is 11.0 Å². The van der Waals surface area contributed by atoms with E-state index >= 15 is 0 Å². The van der Waals surface area contributed by atoms with Crippen LogP contribution in [0.1, 0.15) is 33.1 Å². The van der Waals surface area contributed by atoms with Crippen molar-refractivity contribution in [2.75, 3.05) is 11.1 Å². The molecule has 0 amide bonds. The van der Waals surface area contributed by atoms with Crippen LogP contribution in [0.25, 0.3) is 10.9 Å². The van der Waals surface area contributed by atoms with Crippen molar-refractivity contribution in [3.63, 3.8) is 0 Å². The van der Waals surface area contributed by atoms with Crippen molar-refractivity contribution in [3.8, 4) is 0 Å². The molecular weight excluding hydrogens is 246 g/mol. The van der Waals surface area contributed by atoms with E-state index in [1.807, 2.05) is 18.2 Å². The van der Waals surface area contributed by atoms with Crippen LogP contribution in [0.4, 0.5) is 11.4 Å². The number of nitrogens with one attached hydrogen (secondary N) is 1. The summed E-state index contributed by atoms with van der Waals surface area (Å²) < 4.78 is 0. The average molecular weight is 269 g/mol. The fourth-order valence-electron chi connectivity index (χ4n) is 3.29. The maximum absolute atomic E-state index is 6.31. The zero-order valence-electron chi connectivity index (χ0n) is 12.3. The van der Waals surface area contributed by atoms with E-state index in [0.717, 1.165) is 28.2 Å². The minimum atomic E-state index is 0.523. The SMILES string of the molecule is CC1CCCC(Nc2ccc3ncccc3c2N)C1C. The van der Waals surface area contributed by atoms with Gasteiger partial charge in [-0.1, -0.05) is 26.7 Å². The summed E-state index contributed by atoms with van der Waals surface area (Å²) in [4.78, 5) is 4.35. The molecule has 1 fully saturated rings. The minimum Gasteiger partial charge on any atom is -0.397 e. The van der Waals surface area contributed by atoms with Crippen LogP contribution in [-0.2, 0) is 0 Å².